The molecule has 4 heteroatoms. The van der Waals surface area contributed by atoms with E-state index in [1.54, 1.807) is 0 Å². The predicted octanol–water partition coefficient (Wildman–Crippen LogP) is 1.40. The number of ether oxygens (including phenoxy) is 1. The zero-order valence-electron chi connectivity index (χ0n) is 8.36. The molecule has 3 unspecified atom stereocenters. The van der Waals surface area contributed by atoms with Crippen LogP contribution in [0, 0.1) is 0 Å². The first-order valence-corrected chi connectivity index (χ1v) is 5.43. The fourth-order valence-electron chi connectivity index (χ4n) is 2.54. The van der Waals surface area contributed by atoms with Crippen molar-refractivity contribution in [2.75, 3.05) is 0 Å². The molecule has 2 fully saturated rings. The third-order valence-corrected chi connectivity index (χ3v) is 3.32. The van der Waals surface area contributed by atoms with Crippen LogP contribution < -0.4 is 0 Å². The van der Waals surface area contributed by atoms with E-state index in [0.29, 0.717) is 18.1 Å². The highest BCUT2D eigenvalue weighted by atomic mass is 16.5. The van der Waals surface area contributed by atoms with E-state index in [4.69, 9.17) is 4.74 Å². The van der Waals surface area contributed by atoms with E-state index >= 15 is 0 Å². The second-order valence-electron chi connectivity index (χ2n) is 4.21. The summed E-state index contributed by atoms with van der Waals surface area (Å²) in [5.41, 5.74) is 0. The minimum atomic E-state index is 0.389. The number of hydrogen-bond acceptors (Lipinski definition) is 3. The number of nitrogens with one attached hydrogen (secondary N) is 1. The van der Waals surface area contributed by atoms with Gasteiger partial charge >= 0.3 is 0 Å². The van der Waals surface area contributed by atoms with Gasteiger partial charge in [-0.05, 0) is 19.3 Å². The van der Waals surface area contributed by atoms with Crippen molar-refractivity contribution in [1.82, 2.24) is 15.2 Å². The summed E-state index contributed by atoms with van der Waals surface area (Å²) in [7, 11) is 0. The van der Waals surface area contributed by atoms with Gasteiger partial charge in [-0.2, -0.15) is 5.10 Å². The van der Waals surface area contributed by atoms with Crippen LogP contribution in [0.5, 0.6) is 0 Å². The highest BCUT2D eigenvalue weighted by Gasteiger charge is 2.43. The third kappa shape index (κ3) is 1.17. The van der Waals surface area contributed by atoms with Gasteiger partial charge in [0.25, 0.3) is 0 Å². The van der Waals surface area contributed by atoms with Crippen LogP contribution in [0.25, 0.3) is 0 Å². The molecule has 1 aromatic rings. The first kappa shape index (κ1) is 8.41. The maximum Gasteiger partial charge on any atom is 0.156 e. The van der Waals surface area contributed by atoms with Crippen LogP contribution in [0.15, 0.2) is 0 Å². The number of nitrogens with zero attached hydrogens (tertiary/aromatic N) is 2. The van der Waals surface area contributed by atoms with E-state index in [1.807, 2.05) is 0 Å². The molecule has 0 spiro atoms. The molecule has 2 aliphatic heterocycles. The number of aromatic amines is 1. The van der Waals surface area contributed by atoms with Crippen molar-refractivity contribution in [3.63, 3.8) is 0 Å². The molecule has 0 aromatic carbocycles. The topological polar surface area (TPSA) is 50.8 Å². The van der Waals surface area contributed by atoms with Crippen LogP contribution in [0.3, 0.4) is 0 Å². The maximum absolute atomic E-state index is 5.79. The van der Waals surface area contributed by atoms with Gasteiger partial charge < -0.3 is 4.74 Å². The Hall–Kier alpha value is -0.900. The SMILES string of the molecule is CCc1nc(C2CC3CCC2O3)n[nH]1. The predicted molar refractivity (Wildman–Crippen MR) is 51.0 cm³/mol. The Morgan fingerprint density at radius 2 is 2.43 bits per heavy atom. The van der Waals surface area contributed by atoms with Gasteiger partial charge in [-0.1, -0.05) is 6.92 Å². The minimum Gasteiger partial charge on any atom is -0.374 e. The van der Waals surface area contributed by atoms with Gasteiger partial charge in [-0.15, -0.1) is 0 Å². The highest BCUT2D eigenvalue weighted by molar-refractivity contribution is 5.07. The molecule has 14 heavy (non-hydrogen) atoms. The van der Waals surface area contributed by atoms with Gasteiger partial charge in [0.2, 0.25) is 0 Å². The molecular weight excluding hydrogens is 178 g/mol. The van der Waals surface area contributed by atoms with E-state index in [9.17, 15) is 0 Å². The van der Waals surface area contributed by atoms with Crippen molar-refractivity contribution in [2.45, 2.75) is 50.7 Å². The standard InChI is InChI=1S/C10H15N3O/c1-2-9-11-10(13-12-9)7-5-6-3-4-8(7)14-6/h6-8H,2-5H2,1H3,(H,11,12,13). The van der Waals surface area contributed by atoms with Crippen LogP contribution in [-0.2, 0) is 11.2 Å². The summed E-state index contributed by atoms with van der Waals surface area (Å²) in [5, 5.41) is 7.25. The quantitative estimate of drug-likeness (QED) is 0.772. The number of hydrogen-bond donors (Lipinski definition) is 1. The first-order chi connectivity index (χ1) is 6.86. The van der Waals surface area contributed by atoms with E-state index in [2.05, 4.69) is 22.1 Å². The number of aromatic nitrogens is 3. The summed E-state index contributed by atoms with van der Waals surface area (Å²) >= 11 is 0. The van der Waals surface area contributed by atoms with Gasteiger partial charge in [-0.25, -0.2) is 4.98 Å². The van der Waals surface area contributed by atoms with Crippen molar-refractivity contribution in [3.8, 4) is 0 Å². The molecule has 0 amide bonds. The molecule has 3 atom stereocenters. The third-order valence-electron chi connectivity index (χ3n) is 3.32. The van der Waals surface area contributed by atoms with Gasteiger partial charge in [0.1, 0.15) is 5.82 Å². The zero-order chi connectivity index (χ0) is 9.54. The summed E-state index contributed by atoms with van der Waals surface area (Å²) in [6.07, 6.45) is 5.33. The average Bonchev–Trinajstić information content (AvgIpc) is 2.93. The Morgan fingerprint density at radius 3 is 3.00 bits per heavy atom. The molecule has 0 aliphatic carbocycles. The van der Waals surface area contributed by atoms with E-state index in [-0.39, 0.29) is 0 Å². The van der Waals surface area contributed by atoms with Crippen LogP contribution in [0.4, 0.5) is 0 Å². The second-order valence-corrected chi connectivity index (χ2v) is 4.21. The number of aryl methyl sites for hydroxylation is 1. The monoisotopic (exact) mass is 193 g/mol. The Balaban J connectivity index is 1.82. The van der Waals surface area contributed by atoms with Crippen LogP contribution in [-0.4, -0.2) is 27.4 Å². The minimum absolute atomic E-state index is 0.389. The van der Waals surface area contributed by atoms with Crippen molar-refractivity contribution in [1.29, 1.82) is 0 Å². The largest absolute Gasteiger partial charge is 0.374 e. The van der Waals surface area contributed by atoms with Crippen molar-refractivity contribution < 1.29 is 4.74 Å². The molecule has 4 nitrogen and oxygen atoms in total. The van der Waals surface area contributed by atoms with Crippen LogP contribution >= 0.6 is 0 Å². The first-order valence-electron chi connectivity index (χ1n) is 5.43. The summed E-state index contributed by atoms with van der Waals surface area (Å²) in [5.74, 6) is 2.40. The molecule has 3 heterocycles. The fourth-order valence-corrected chi connectivity index (χ4v) is 2.54. The Kier molecular flexibility index (Phi) is 1.83. The Morgan fingerprint density at radius 1 is 1.50 bits per heavy atom. The molecule has 2 bridgehead atoms. The highest BCUT2D eigenvalue weighted by Crippen LogP contribution is 2.43. The van der Waals surface area contributed by atoms with Crippen LogP contribution in [0.1, 0.15) is 43.8 Å². The second kappa shape index (κ2) is 3.05. The van der Waals surface area contributed by atoms with Crippen molar-refractivity contribution >= 4 is 0 Å². The number of H-pyrrole nitrogens is 1. The van der Waals surface area contributed by atoms with Gasteiger partial charge in [0, 0.05) is 12.3 Å². The number of rotatable bonds is 2. The molecule has 2 saturated heterocycles. The van der Waals surface area contributed by atoms with Gasteiger partial charge in [-0.3, -0.25) is 5.10 Å². The molecule has 76 valence electrons. The lowest BCUT2D eigenvalue weighted by atomic mass is 9.89. The fraction of sp³-hybridized carbons (Fsp3) is 0.800. The molecule has 2 aliphatic rings. The normalized spacial score (nSPS) is 35.4. The maximum atomic E-state index is 5.79. The van der Waals surface area contributed by atoms with Gasteiger partial charge in [0.05, 0.1) is 12.2 Å². The summed E-state index contributed by atoms with van der Waals surface area (Å²) in [4.78, 5) is 4.48. The van der Waals surface area contributed by atoms with E-state index < -0.39 is 0 Å². The van der Waals surface area contributed by atoms with Crippen molar-refractivity contribution in [2.24, 2.45) is 0 Å². The molecule has 3 rings (SSSR count). The lowest BCUT2D eigenvalue weighted by Gasteiger charge is -2.14. The Bertz CT molecular complexity index is 336. The van der Waals surface area contributed by atoms with Crippen molar-refractivity contribution in [3.05, 3.63) is 11.6 Å². The molecule has 1 aromatic heterocycles. The zero-order valence-corrected chi connectivity index (χ0v) is 8.36. The summed E-state index contributed by atoms with van der Waals surface area (Å²) < 4.78 is 5.79. The van der Waals surface area contributed by atoms with E-state index in [0.717, 1.165) is 24.5 Å². The summed E-state index contributed by atoms with van der Waals surface area (Å²) in [6.45, 7) is 2.08. The molecule has 0 radical (unpaired) electrons. The van der Waals surface area contributed by atoms with Gasteiger partial charge in [0.15, 0.2) is 5.82 Å². The molecular formula is C10H15N3O. The average molecular weight is 193 g/mol. The lowest BCUT2D eigenvalue weighted by Crippen LogP contribution is -2.15. The van der Waals surface area contributed by atoms with Crippen LogP contribution in [0.2, 0.25) is 0 Å². The van der Waals surface area contributed by atoms with E-state index in [1.165, 1.54) is 12.8 Å². The summed E-state index contributed by atoms with van der Waals surface area (Å²) in [6, 6.07) is 0. The smallest absolute Gasteiger partial charge is 0.156 e. The lowest BCUT2D eigenvalue weighted by molar-refractivity contribution is 0.0999. The molecule has 1 N–H and O–H groups in total. The molecule has 0 saturated carbocycles. The Labute approximate surface area is 83.1 Å². The number of fused-ring (bicyclic) bond motifs is 2.